The molecule has 0 fully saturated rings. The zero-order valence-corrected chi connectivity index (χ0v) is 10.2. The molecule has 1 N–H and O–H groups in total. The van der Waals surface area contributed by atoms with E-state index >= 15 is 0 Å². The zero-order valence-electron chi connectivity index (χ0n) is 10.2. The molecular formula is C13H18N4. The third-order valence-corrected chi connectivity index (χ3v) is 2.76. The summed E-state index contributed by atoms with van der Waals surface area (Å²) in [5, 5.41) is 7.75. The maximum absolute atomic E-state index is 4.20. The maximum atomic E-state index is 4.20. The normalized spacial score (nSPS) is 14.5. The van der Waals surface area contributed by atoms with Crippen LogP contribution in [0.2, 0.25) is 0 Å². The third kappa shape index (κ3) is 3.39. The standard InChI is InChI=1S/C13H18N4/c1-11(10-17-9-3-6-15-17)16-12(2)13-4-7-14-8-5-13/h3-9,11-12,16H,10H2,1-2H3. The molecule has 4 nitrogen and oxygen atoms in total. The Kier molecular flexibility index (Phi) is 3.88. The van der Waals surface area contributed by atoms with Crippen molar-refractivity contribution in [3.63, 3.8) is 0 Å². The summed E-state index contributed by atoms with van der Waals surface area (Å²) >= 11 is 0. The van der Waals surface area contributed by atoms with Gasteiger partial charge < -0.3 is 5.32 Å². The number of nitrogens with one attached hydrogen (secondary N) is 1. The van der Waals surface area contributed by atoms with Crippen LogP contribution in [-0.4, -0.2) is 20.8 Å². The van der Waals surface area contributed by atoms with Crippen molar-refractivity contribution in [1.29, 1.82) is 0 Å². The van der Waals surface area contributed by atoms with Gasteiger partial charge >= 0.3 is 0 Å². The van der Waals surface area contributed by atoms with Crippen LogP contribution in [0.3, 0.4) is 0 Å². The lowest BCUT2D eigenvalue weighted by molar-refractivity contribution is 0.413. The summed E-state index contributed by atoms with van der Waals surface area (Å²) in [4.78, 5) is 4.03. The van der Waals surface area contributed by atoms with Crippen molar-refractivity contribution in [2.24, 2.45) is 0 Å². The molecule has 0 aromatic carbocycles. The van der Waals surface area contributed by atoms with Crippen molar-refractivity contribution in [1.82, 2.24) is 20.1 Å². The van der Waals surface area contributed by atoms with Gasteiger partial charge in [-0.05, 0) is 37.6 Å². The van der Waals surface area contributed by atoms with Gasteiger partial charge in [0.15, 0.2) is 0 Å². The minimum Gasteiger partial charge on any atom is -0.306 e. The minimum atomic E-state index is 0.323. The van der Waals surface area contributed by atoms with E-state index in [0.717, 1.165) is 6.54 Å². The van der Waals surface area contributed by atoms with Crippen molar-refractivity contribution < 1.29 is 0 Å². The molecule has 2 rings (SSSR count). The van der Waals surface area contributed by atoms with E-state index in [9.17, 15) is 0 Å². The smallest absolute Gasteiger partial charge is 0.0560 e. The molecule has 90 valence electrons. The molecule has 0 aliphatic heterocycles. The van der Waals surface area contributed by atoms with Gasteiger partial charge in [0.1, 0.15) is 0 Å². The second-order valence-electron chi connectivity index (χ2n) is 4.30. The molecule has 0 aliphatic carbocycles. The van der Waals surface area contributed by atoms with E-state index in [0.29, 0.717) is 12.1 Å². The Labute approximate surface area is 102 Å². The lowest BCUT2D eigenvalue weighted by atomic mass is 10.1. The number of rotatable bonds is 5. The predicted molar refractivity (Wildman–Crippen MR) is 67.5 cm³/mol. The summed E-state index contributed by atoms with van der Waals surface area (Å²) in [6.07, 6.45) is 7.44. The number of aromatic nitrogens is 3. The molecule has 0 aliphatic rings. The lowest BCUT2D eigenvalue weighted by Gasteiger charge is -2.20. The number of hydrogen-bond donors (Lipinski definition) is 1. The van der Waals surface area contributed by atoms with E-state index < -0.39 is 0 Å². The van der Waals surface area contributed by atoms with Gasteiger partial charge in [-0.2, -0.15) is 5.10 Å². The van der Waals surface area contributed by atoms with Crippen LogP contribution < -0.4 is 5.32 Å². The van der Waals surface area contributed by atoms with Crippen LogP contribution in [0, 0.1) is 0 Å². The fourth-order valence-corrected chi connectivity index (χ4v) is 1.92. The van der Waals surface area contributed by atoms with E-state index in [-0.39, 0.29) is 0 Å². The Balaban J connectivity index is 1.88. The maximum Gasteiger partial charge on any atom is 0.0560 e. The van der Waals surface area contributed by atoms with Crippen LogP contribution in [0.1, 0.15) is 25.5 Å². The Morgan fingerprint density at radius 2 is 2.00 bits per heavy atom. The quantitative estimate of drug-likeness (QED) is 0.854. The predicted octanol–water partition coefficient (Wildman–Crippen LogP) is 2.02. The minimum absolute atomic E-state index is 0.323. The zero-order chi connectivity index (χ0) is 12.1. The van der Waals surface area contributed by atoms with E-state index in [1.54, 1.807) is 6.20 Å². The Hall–Kier alpha value is -1.68. The summed E-state index contributed by atoms with van der Waals surface area (Å²) in [6, 6.07) is 6.72. The first-order chi connectivity index (χ1) is 8.25. The third-order valence-electron chi connectivity index (χ3n) is 2.76. The molecule has 17 heavy (non-hydrogen) atoms. The van der Waals surface area contributed by atoms with E-state index in [1.165, 1.54) is 5.56 Å². The van der Waals surface area contributed by atoms with Crippen LogP contribution in [0.25, 0.3) is 0 Å². The Morgan fingerprint density at radius 3 is 2.65 bits per heavy atom. The Morgan fingerprint density at radius 1 is 1.24 bits per heavy atom. The molecular weight excluding hydrogens is 212 g/mol. The average Bonchev–Trinajstić information content (AvgIpc) is 2.82. The Bertz CT molecular complexity index is 424. The summed E-state index contributed by atoms with van der Waals surface area (Å²) in [5.41, 5.74) is 1.26. The van der Waals surface area contributed by atoms with Crippen molar-refractivity contribution >= 4 is 0 Å². The van der Waals surface area contributed by atoms with Gasteiger partial charge in [-0.15, -0.1) is 0 Å². The first-order valence-electron chi connectivity index (χ1n) is 5.89. The average molecular weight is 230 g/mol. The lowest BCUT2D eigenvalue weighted by Crippen LogP contribution is -2.32. The van der Waals surface area contributed by atoms with E-state index in [2.05, 4.69) is 29.2 Å². The van der Waals surface area contributed by atoms with Gasteiger partial charge in [0, 0.05) is 36.9 Å². The van der Waals surface area contributed by atoms with Crippen LogP contribution in [-0.2, 0) is 6.54 Å². The van der Waals surface area contributed by atoms with Crippen LogP contribution in [0.5, 0.6) is 0 Å². The van der Waals surface area contributed by atoms with Gasteiger partial charge in [0.2, 0.25) is 0 Å². The molecule has 0 saturated heterocycles. The largest absolute Gasteiger partial charge is 0.306 e. The number of pyridine rings is 1. The number of hydrogen-bond acceptors (Lipinski definition) is 3. The first kappa shape index (κ1) is 11.8. The number of nitrogens with zero attached hydrogens (tertiary/aromatic N) is 3. The van der Waals surface area contributed by atoms with Crippen molar-refractivity contribution in [3.8, 4) is 0 Å². The monoisotopic (exact) mass is 230 g/mol. The van der Waals surface area contributed by atoms with Gasteiger partial charge in [-0.25, -0.2) is 0 Å². The molecule has 2 aromatic heterocycles. The fourth-order valence-electron chi connectivity index (χ4n) is 1.92. The molecule has 2 unspecified atom stereocenters. The molecule has 2 heterocycles. The first-order valence-corrected chi connectivity index (χ1v) is 5.89. The molecule has 0 saturated carbocycles. The fraction of sp³-hybridized carbons (Fsp3) is 0.385. The van der Waals surface area contributed by atoms with Crippen molar-refractivity contribution in [2.75, 3.05) is 0 Å². The van der Waals surface area contributed by atoms with Crippen LogP contribution >= 0.6 is 0 Å². The van der Waals surface area contributed by atoms with Gasteiger partial charge in [-0.1, -0.05) is 0 Å². The highest BCUT2D eigenvalue weighted by atomic mass is 15.3. The van der Waals surface area contributed by atoms with Crippen molar-refractivity contribution in [2.45, 2.75) is 32.5 Å². The van der Waals surface area contributed by atoms with Gasteiger partial charge in [-0.3, -0.25) is 9.67 Å². The van der Waals surface area contributed by atoms with Crippen LogP contribution in [0.4, 0.5) is 0 Å². The summed E-state index contributed by atoms with van der Waals surface area (Å²) in [6.45, 7) is 5.21. The summed E-state index contributed by atoms with van der Waals surface area (Å²) in [5.74, 6) is 0. The molecule has 0 amide bonds. The molecule has 4 heteroatoms. The molecule has 0 spiro atoms. The highest BCUT2D eigenvalue weighted by Crippen LogP contribution is 2.11. The second-order valence-corrected chi connectivity index (χ2v) is 4.30. The highest BCUT2D eigenvalue weighted by Gasteiger charge is 2.09. The van der Waals surface area contributed by atoms with Gasteiger partial charge in [0.05, 0.1) is 6.54 Å². The van der Waals surface area contributed by atoms with Crippen molar-refractivity contribution in [3.05, 3.63) is 48.5 Å². The summed E-state index contributed by atoms with van der Waals surface area (Å²) < 4.78 is 1.94. The van der Waals surface area contributed by atoms with E-state index in [1.807, 2.05) is 41.5 Å². The van der Waals surface area contributed by atoms with E-state index in [4.69, 9.17) is 0 Å². The molecule has 2 atom stereocenters. The van der Waals surface area contributed by atoms with Gasteiger partial charge in [0.25, 0.3) is 0 Å². The molecule has 2 aromatic rings. The topological polar surface area (TPSA) is 42.7 Å². The second kappa shape index (κ2) is 5.59. The highest BCUT2D eigenvalue weighted by molar-refractivity contribution is 5.14. The van der Waals surface area contributed by atoms with Crippen LogP contribution in [0.15, 0.2) is 43.0 Å². The molecule has 0 bridgehead atoms. The molecule has 0 radical (unpaired) electrons. The summed E-state index contributed by atoms with van der Waals surface area (Å²) in [7, 11) is 0. The SMILES string of the molecule is CC(Cn1cccn1)NC(C)c1ccncc1.